The number of pyridine rings is 1. The van der Waals surface area contributed by atoms with Crippen LogP contribution >= 0.6 is 0 Å². The van der Waals surface area contributed by atoms with Gasteiger partial charge in [-0.2, -0.15) is 4.31 Å². The number of ether oxygens (including phenoxy) is 1. The molecule has 1 aromatic heterocycles. The molecule has 0 bridgehead atoms. The molecule has 0 radical (unpaired) electrons. The molecule has 0 spiro atoms. The molecule has 1 aromatic carbocycles. The van der Waals surface area contributed by atoms with Gasteiger partial charge in [0.05, 0.1) is 35.2 Å². The predicted octanol–water partition coefficient (Wildman–Crippen LogP) is 3.54. The second-order valence-corrected chi connectivity index (χ2v) is 9.88. The Labute approximate surface area is 180 Å². The van der Waals surface area contributed by atoms with Crippen LogP contribution < -0.4 is 10.2 Å². The minimum Gasteiger partial charge on any atom is -0.380 e. The molecule has 0 amide bonds. The predicted molar refractivity (Wildman–Crippen MR) is 120 cm³/mol. The number of aromatic nitrogens is 1. The number of hydrogen-bond donors (Lipinski definition) is 1. The molecule has 1 aliphatic rings. The Balaban J connectivity index is 1.75. The molecule has 1 unspecified atom stereocenters. The Hall–Kier alpha value is -2.16. The number of rotatable bonds is 10. The zero-order valence-corrected chi connectivity index (χ0v) is 19.0. The molecule has 1 atom stereocenters. The summed E-state index contributed by atoms with van der Waals surface area (Å²) in [5.41, 5.74) is 3.17. The zero-order chi connectivity index (χ0) is 21.7. The summed E-state index contributed by atoms with van der Waals surface area (Å²) in [5, 5.41) is 3.41. The van der Waals surface area contributed by atoms with E-state index in [-0.39, 0.29) is 12.1 Å². The lowest BCUT2D eigenvalue weighted by Crippen LogP contribution is -2.37. The quantitative estimate of drug-likeness (QED) is 0.579. The van der Waals surface area contributed by atoms with Gasteiger partial charge in [0.1, 0.15) is 0 Å². The van der Waals surface area contributed by atoms with E-state index < -0.39 is 10.0 Å². The van der Waals surface area contributed by atoms with Crippen LogP contribution in [0.3, 0.4) is 0 Å². The Morgan fingerprint density at radius 2 is 1.97 bits per heavy atom. The average Bonchev–Trinajstić information content (AvgIpc) is 3.03. The third kappa shape index (κ3) is 5.11. The normalized spacial score (nSPS) is 16.2. The minimum absolute atomic E-state index is 0.146. The average molecular weight is 433 g/mol. The van der Waals surface area contributed by atoms with Gasteiger partial charge in [-0.05, 0) is 43.5 Å². The molecule has 0 saturated heterocycles. The van der Waals surface area contributed by atoms with Crippen molar-refractivity contribution in [1.82, 2.24) is 9.29 Å². The van der Waals surface area contributed by atoms with Crippen molar-refractivity contribution in [1.29, 1.82) is 0 Å². The van der Waals surface area contributed by atoms with Gasteiger partial charge in [-0.25, -0.2) is 8.42 Å². The first-order valence-electron chi connectivity index (χ1n) is 10.5. The van der Waals surface area contributed by atoms with E-state index in [2.05, 4.69) is 22.1 Å². The van der Waals surface area contributed by atoms with Crippen LogP contribution in [-0.2, 0) is 21.3 Å². The summed E-state index contributed by atoms with van der Waals surface area (Å²) in [6, 6.07) is 9.21. The van der Waals surface area contributed by atoms with E-state index in [0.29, 0.717) is 37.7 Å². The fourth-order valence-electron chi connectivity index (χ4n) is 3.62. The summed E-state index contributed by atoms with van der Waals surface area (Å²) in [7, 11) is -3.56. The summed E-state index contributed by atoms with van der Waals surface area (Å²) in [6.45, 7) is 10.5. The molecule has 2 aromatic rings. The lowest BCUT2D eigenvalue weighted by molar-refractivity contribution is 0.132. The van der Waals surface area contributed by atoms with Crippen molar-refractivity contribution in [3.8, 4) is 0 Å². The van der Waals surface area contributed by atoms with E-state index in [1.165, 1.54) is 4.31 Å². The van der Waals surface area contributed by atoms with Crippen LogP contribution in [0.2, 0.25) is 0 Å². The Bertz CT molecular complexity index is 932. The molecule has 2 heterocycles. The summed E-state index contributed by atoms with van der Waals surface area (Å²) < 4.78 is 33.3. The van der Waals surface area contributed by atoms with E-state index in [4.69, 9.17) is 4.74 Å². The van der Waals surface area contributed by atoms with Crippen molar-refractivity contribution >= 4 is 21.4 Å². The second-order valence-electron chi connectivity index (χ2n) is 7.94. The first-order valence-corrected chi connectivity index (χ1v) is 11.9. The lowest BCUT2D eigenvalue weighted by Gasteiger charge is -2.25. The molecule has 30 heavy (non-hydrogen) atoms. The van der Waals surface area contributed by atoms with E-state index >= 15 is 0 Å². The van der Waals surface area contributed by atoms with Crippen LogP contribution in [0.1, 0.15) is 33.3 Å². The van der Waals surface area contributed by atoms with Crippen LogP contribution in [0.4, 0.5) is 11.4 Å². The van der Waals surface area contributed by atoms with Gasteiger partial charge >= 0.3 is 0 Å². The van der Waals surface area contributed by atoms with E-state index in [1.54, 1.807) is 18.3 Å². The fourth-order valence-corrected chi connectivity index (χ4v) is 5.21. The molecule has 164 valence electrons. The number of nitrogens with zero attached hydrogens (tertiary/aromatic N) is 3. The third-order valence-electron chi connectivity index (χ3n) is 5.11. The van der Waals surface area contributed by atoms with Crippen molar-refractivity contribution in [3.05, 3.63) is 48.3 Å². The highest BCUT2D eigenvalue weighted by molar-refractivity contribution is 7.89. The Morgan fingerprint density at radius 1 is 1.23 bits per heavy atom. The number of hydrogen-bond acceptors (Lipinski definition) is 6. The van der Waals surface area contributed by atoms with Crippen molar-refractivity contribution in [2.75, 3.05) is 36.5 Å². The van der Waals surface area contributed by atoms with Gasteiger partial charge in [0.25, 0.3) is 0 Å². The smallest absolute Gasteiger partial charge is 0.243 e. The zero-order valence-electron chi connectivity index (χ0n) is 18.2. The standard InChI is InChI=1S/C22H32N4O3S/c1-5-29-13-12-25(15-17(2)3)30(27,28)20-8-6-19(7-9-20)16-26-18(4)24-21-14-23-11-10-22(21)26/h6-11,14,17-18,24H,5,12-13,15-16H2,1-4H3. The topological polar surface area (TPSA) is 74.8 Å². The number of sulfonamides is 1. The lowest BCUT2D eigenvalue weighted by atomic mass is 10.2. The summed E-state index contributed by atoms with van der Waals surface area (Å²) in [4.78, 5) is 6.73. The van der Waals surface area contributed by atoms with Crippen molar-refractivity contribution < 1.29 is 13.2 Å². The maximum absolute atomic E-state index is 13.2. The number of benzene rings is 1. The number of nitrogens with one attached hydrogen (secondary N) is 1. The van der Waals surface area contributed by atoms with E-state index in [1.807, 2.05) is 45.2 Å². The molecule has 7 nitrogen and oxygen atoms in total. The van der Waals surface area contributed by atoms with Crippen LogP contribution in [0.5, 0.6) is 0 Å². The first kappa shape index (κ1) is 22.5. The van der Waals surface area contributed by atoms with Gasteiger partial charge in [0, 0.05) is 32.4 Å². The Morgan fingerprint density at radius 3 is 2.63 bits per heavy atom. The Kier molecular flexibility index (Phi) is 7.33. The first-order chi connectivity index (χ1) is 14.3. The second kappa shape index (κ2) is 9.76. The highest BCUT2D eigenvalue weighted by Crippen LogP contribution is 2.34. The molecule has 3 rings (SSSR count). The van der Waals surface area contributed by atoms with Gasteiger partial charge < -0.3 is 15.0 Å². The van der Waals surface area contributed by atoms with E-state index in [0.717, 1.165) is 16.9 Å². The number of anilines is 2. The van der Waals surface area contributed by atoms with Gasteiger partial charge in [0.15, 0.2) is 0 Å². The van der Waals surface area contributed by atoms with Crippen molar-refractivity contribution in [2.24, 2.45) is 5.92 Å². The van der Waals surface area contributed by atoms with Gasteiger partial charge in [-0.1, -0.05) is 26.0 Å². The highest BCUT2D eigenvalue weighted by Gasteiger charge is 2.27. The van der Waals surface area contributed by atoms with Crippen molar-refractivity contribution in [3.63, 3.8) is 0 Å². The maximum atomic E-state index is 13.2. The van der Waals surface area contributed by atoms with E-state index in [9.17, 15) is 8.42 Å². The number of fused-ring (bicyclic) bond motifs is 1. The van der Waals surface area contributed by atoms with Crippen LogP contribution in [0, 0.1) is 5.92 Å². The van der Waals surface area contributed by atoms with Gasteiger partial charge in [-0.15, -0.1) is 0 Å². The fraction of sp³-hybridized carbons (Fsp3) is 0.500. The SMILES string of the molecule is CCOCCN(CC(C)C)S(=O)(=O)c1ccc(CN2c3ccncc3NC2C)cc1. The summed E-state index contributed by atoms with van der Waals surface area (Å²) >= 11 is 0. The van der Waals surface area contributed by atoms with Gasteiger partial charge in [-0.3, -0.25) is 4.98 Å². The molecule has 0 saturated carbocycles. The van der Waals surface area contributed by atoms with Crippen LogP contribution in [0.25, 0.3) is 0 Å². The molecular formula is C22H32N4O3S. The van der Waals surface area contributed by atoms with Gasteiger partial charge in [0.2, 0.25) is 10.0 Å². The molecule has 8 heteroatoms. The summed E-state index contributed by atoms with van der Waals surface area (Å²) in [6.07, 6.45) is 3.76. The molecule has 1 aliphatic heterocycles. The molecular weight excluding hydrogens is 400 g/mol. The third-order valence-corrected chi connectivity index (χ3v) is 6.99. The summed E-state index contributed by atoms with van der Waals surface area (Å²) in [5.74, 6) is 0.236. The largest absolute Gasteiger partial charge is 0.380 e. The maximum Gasteiger partial charge on any atom is 0.243 e. The molecule has 0 fully saturated rings. The monoisotopic (exact) mass is 432 g/mol. The van der Waals surface area contributed by atoms with Crippen molar-refractivity contribution in [2.45, 2.75) is 45.3 Å². The minimum atomic E-state index is -3.56. The van der Waals surface area contributed by atoms with Crippen LogP contribution in [0.15, 0.2) is 47.6 Å². The highest BCUT2D eigenvalue weighted by atomic mass is 32.2. The molecule has 1 N–H and O–H groups in total. The van der Waals surface area contributed by atoms with Crippen LogP contribution in [-0.4, -0.2) is 50.2 Å². The molecule has 0 aliphatic carbocycles.